The number of nitriles is 1. The van der Waals surface area contributed by atoms with E-state index in [1.54, 1.807) is 0 Å². The van der Waals surface area contributed by atoms with Gasteiger partial charge in [0, 0.05) is 16.0 Å². The van der Waals surface area contributed by atoms with Crippen molar-refractivity contribution in [1.82, 2.24) is 4.98 Å². The molecule has 0 saturated carbocycles. The summed E-state index contributed by atoms with van der Waals surface area (Å²) in [6.07, 6.45) is 5.46. The number of para-hydroxylation sites is 1. The summed E-state index contributed by atoms with van der Waals surface area (Å²) in [5.74, 6) is -0.939. The van der Waals surface area contributed by atoms with Crippen molar-refractivity contribution in [3.05, 3.63) is 57.1 Å². The van der Waals surface area contributed by atoms with Gasteiger partial charge in [-0.15, -0.1) is 11.3 Å². The van der Waals surface area contributed by atoms with Crippen LogP contribution in [0.3, 0.4) is 0 Å². The van der Waals surface area contributed by atoms with Crippen molar-refractivity contribution in [3.63, 3.8) is 0 Å². The highest BCUT2D eigenvalue weighted by Gasteiger charge is 2.26. The molecule has 2 aliphatic rings. The number of hydrogen-bond acceptors (Lipinski definition) is 6. The summed E-state index contributed by atoms with van der Waals surface area (Å²) in [5.41, 5.74) is 4.76. The molecule has 2 aliphatic carbocycles. The van der Waals surface area contributed by atoms with E-state index in [0.29, 0.717) is 16.1 Å². The molecule has 0 radical (unpaired) electrons. The molecule has 0 unspecified atom stereocenters. The molecule has 1 amide bonds. The third kappa shape index (κ3) is 3.14. The highest BCUT2D eigenvalue weighted by atomic mass is 32.1. The number of benzene rings is 1. The Morgan fingerprint density at radius 2 is 1.93 bits per heavy atom. The van der Waals surface area contributed by atoms with Gasteiger partial charge in [0.15, 0.2) is 6.61 Å². The highest BCUT2D eigenvalue weighted by molar-refractivity contribution is 7.16. The summed E-state index contributed by atoms with van der Waals surface area (Å²) in [6, 6.07) is 9.71. The Morgan fingerprint density at radius 1 is 1.13 bits per heavy atom. The maximum absolute atomic E-state index is 12.9. The molecule has 0 aliphatic heterocycles. The van der Waals surface area contributed by atoms with Gasteiger partial charge in [-0.3, -0.25) is 9.78 Å². The number of ether oxygens (including phenoxy) is 1. The summed E-state index contributed by atoms with van der Waals surface area (Å²) in [6.45, 7) is -0.391. The second kappa shape index (κ2) is 7.54. The maximum atomic E-state index is 12.9. The van der Waals surface area contributed by atoms with E-state index >= 15 is 0 Å². The molecule has 2 aromatic heterocycles. The maximum Gasteiger partial charge on any atom is 0.339 e. The smallest absolute Gasteiger partial charge is 0.339 e. The van der Waals surface area contributed by atoms with Gasteiger partial charge in [-0.05, 0) is 55.7 Å². The molecule has 0 atom stereocenters. The van der Waals surface area contributed by atoms with Crippen LogP contribution in [0.2, 0.25) is 0 Å². The Hall–Kier alpha value is -3.24. The van der Waals surface area contributed by atoms with Crippen LogP contribution in [0.25, 0.3) is 10.9 Å². The summed E-state index contributed by atoms with van der Waals surface area (Å²) in [5, 5.41) is 13.5. The van der Waals surface area contributed by atoms with E-state index in [-0.39, 0.29) is 0 Å². The molecule has 5 rings (SSSR count). The molecule has 0 spiro atoms. The lowest BCUT2D eigenvalue weighted by Crippen LogP contribution is -2.21. The average Bonchev–Trinajstić information content (AvgIpc) is 3.46. The first-order valence-electron chi connectivity index (χ1n) is 10.1. The van der Waals surface area contributed by atoms with Crippen LogP contribution < -0.4 is 5.32 Å². The fourth-order valence-corrected chi connectivity index (χ4v) is 5.68. The quantitative estimate of drug-likeness (QED) is 0.649. The first-order chi connectivity index (χ1) is 14.7. The Bertz CT molecular complexity index is 1240. The van der Waals surface area contributed by atoms with Crippen molar-refractivity contribution >= 4 is 39.1 Å². The number of anilines is 1. The van der Waals surface area contributed by atoms with Gasteiger partial charge in [-0.2, -0.15) is 5.26 Å². The monoisotopic (exact) mass is 417 g/mol. The second-order valence-corrected chi connectivity index (χ2v) is 8.69. The van der Waals surface area contributed by atoms with Crippen LogP contribution in [-0.2, 0) is 35.2 Å². The molecule has 1 aromatic carbocycles. The van der Waals surface area contributed by atoms with Gasteiger partial charge in [-0.25, -0.2) is 4.79 Å². The van der Waals surface area contributed by atoms with E-state index in [9.17, 15) is 14.9 Å². The van der Waals surface area contributed by atoms with Gasteiger partial charge in [0.1, 0.15) is 11.1 Å². The summed E-state index contributed by atoms with van der Waals surface area (Å²) >= 11 is 1.45. The topological polar surface area (TPSA) is 92.1 Å². The van der Waals surface area contributed by atoms with Crippen LogP contribution >= 0.6 is 11.3 Å². The lowest BCUT2D eigenvalue weighted by atomic mass is 10.0. The van der Waals surface area contributed by atoms with Gasteiger partial charge in [-0.1, -0.05) is 18.2 Å². The number of nitrogens with one attached hydrogen (secondary N) is 1. The normalized spacial score (nSPS) is 14.2. The SMILES string of the molecule is N#Cc1c(NC(=O)COC(=O)c2c3c(nc4ccccc24)CCC3)sc2c1CCC2. The number of thiophene rings is 1. The summed E-state index contributed by atoms with van der Waals surface area (Å²) in [7, 11) is 0. The predicted octanol–water partition coefficient (Wildman–Crippen LogP) is 3.94. The zero-order chi connectivity index (χ0) is 20.7. The van der Waals surface area contributed by atoms with Crippen molar-refractivity contribution in [2.24, 2.45) is 0 Å². The molecule has 0 bridgehead atoms. The largest absolute Gasteiger partial charge is 0.452 e. The molecule has 7 heteroatoms. The molecule has 0 fully saturated rings. The lowest BCUT2D eigenvalue weighted by molar-refractivity contribution is -0.119. The van der Waals surface area contributed by atoms with E-state index in [0.717, 1.165) is 71.1 Å². The Kier molecular flexibility index (Phi) is 4.72. The third-order valence-corrected chi connectivity index (χ3v) is 6.95. The third-order valence-electron chi connectivity index (χ3n) is 5.74. The zero-order valence-corrected chi connectivity index (χ0v) is 17.1. The van der Waals surface area contributed by atoms with E-state index in [1.807, 2.05) is 24.3 Å². The van der Waals surface area contributed by atoms with Crippen molar-refractivity contribution < 1.29 is 14.3 Å². The van der Waals surface area contributed by atoms with Gasteiger partial charge < -0.3 is 10.1 Å². The van der Waals surface area contributed by atoms with Crippen LogP contribution in [-0.4, -0.2) is 23.5 Å². The molecular formula is C23H19N3O3S. The molecular weight excluding hydrogens is 398 g/mol. The number of amides is 1. The molecule has 1 N–H and O–H groups in total. The minimum atomic E-state index is -0.504. The first kappa shape index (κ1) is 18.8. The Balaban J connectivity index is 1.34. The minimum absolute atomic E-state index is 0.391. The molecule has 0 saturated heterocycles. The summed E-state index contributed by atoms with van der Waals surface area (Å²) < 4.78 is 5.39. The molecule has 150 valence electrons. The number of pyridine rings is 1. The van der Waals surface area contributed by atoms with Crippen LogP contribution in [0.1, 0.15) is 50.5 Å². The number of hydrogen-bond donors (Lipinski definition) is 1. The number of carbonyl (C=O) groups excluding carboxylic acids is 2. The van der Waals surface area contributed by atoms with Crippen molar-refractivity contribution in [1.29, 1.82) is 5.26 Å². The number of esters is 1. The number of rotatable bonds is 4. The van der Waals surface area contributed by atoms with Gasteiger partial charge in [0.25, 0.3) is 5.91 Å². The lowest BCUT2D eigenvalue weighted by Gasteiger charge is -2.12. The fourth-order valence-electron chi connectivity index (χ4n) is 4.42. The van der Waals surface area contributed by atoms with E-state index in [1.165, 1.54) is 11.3 Å². The van der Waals surface area contributed by atoms with Crippen LogP contribution in [0, 0.1) is 11.3 Å². The first-order valence-corrected chi connectivity index (χ1v) is 10.9. The highest BCUT2D eigenvalue weighted by Crippen LogP contribution is 2.38. The Labute approximate surface area is 177 Å². The average molecular weight is 417 g/mol. The predicted molar refractivity (Wildman–Crippen MR) is 114 cm³/mol. The molecule has 6 nitrogen and oxygen atoms in total. The Morgan fingerprint density at radius 3 is 2.80 bits per heavy atom. The standard InChI is InChI=1S/C23H19N3O3S/c24-11-16-13-6-4-10-19(13)30-22(16)26-20(27)12-29-23(28)21-14-5-1-2-8-17(14)25-18-9-3-7-15(18)21/h1-2,5,8H,3-4,6-7,9-10,12H2,(H,26,27). The van der Waals surface area contributed by atoms with Crippen LogP contribution in [0.15, 0.2) is 24.3 Å². The second-order valence-electron chi connectivity index (χ2n) is 7.58. The van der Waals surface area contributed by atoms with E-state index < -0.39 is 18.5 Å². The van der Waals surface area contributed by atoms with Gasteiger partial charge in [0.2, 0.25) is 0 Å². The number of aryl methyl sites for hydroxylation is 2. The minimum Gasteiger partial charge on any atom is -0.452 e. The fraction of sp³-hybridized carbons (Fsp3) is 0.304. The zero-order valence-electron chi connectivity index (χ0n) is 16.3. The summed E-state index contributed by atoms with van der Waals surface area (Å²) in [4.78, 5) is 31.2. The molecule has 3 aromatic rings. The van der Waals surface area contributed by atoms with E-state index in [4.69, 9.17) is 4.74 Å². The van der Waals surface area contributed by atoms with Crippen molar-refractivity contribution in [3.8, 4) is 6.07 Å². The molecule has 2 heterocycles. The number of nitrogens with zero attached hydrogens (tertiary/aromatic N) is 2. The number of aromatic nitrogens is 1. The number of carbonyl (C=O) groups is 2. The van der Waals surface area contributed by atoms with Crippen LogP contribution in [0.5, 0.6) is 0 Å². The van der Waals surface area contributed by atoms with E-state index in [2.05, 4.69) is 16.4 Å². The van der Waals surface area contributed by atoms with Gasteiger partial charge in [0.05, 0.1) is 16.6 Å². The van der Waals surface area contributed by atoms with Crippen molar-refractivity contribution in [2.75, 3.05) is 11.9 Å². The number of fused-ring (bicyclic) bond motifs is 3. The van der Waals surface area contributed by atoms with Gasteiger partial charge >= 0.3 is 5.97 Å². The molecule has 30 heavy (non-hydrogen) atoms. The van der Waals surface area contributed by atoms with Crippen molar-refractivity contribution in [2.45, 2.75) is 38.5 Å². The van der Waals surface area contributed by atoms with Crippen LogP contribution in [0.4, 0.5) is 5.00 Å².